The van der Waals surface area contributed by atoms with E-state index in [9.17, 15) is 4.79 Å². The molecule has 0 amide bonds. The number of nitrogens with zero attached hydrogens (tertiary/aromatic N) is 1. The van der Waals surface area contributed by atoms with Crippen LogP contribution < -0.4 is 5.73 Å². The zero-order valence-electron chi connectivity index (χ0n) is 15.4. The molecule has 0 saturated carbocycles. The van der Waals surface area contributed by atoms with E-state index in [1.165, 1.54) is 19.1 Å². The fraction of sp³-hybridized carbons (Fsp3) is 0.409. The highest BCUT2D eigenvalue weighted by Gasteiger charge is 2.49. The minimum absolute atomic E-state index is 0.0768. The van der Waals surface area contributed by atoms with Crippen LogP contribution in [0, 0.1) is 5.92 Å². The molecule has 0 aromatic heterocycles. The summed E-state index contributed by atoms with van der Waals surface area (Å²) in [4.78, 5) is 14.9. The molecule has 136 valence electrons. The van der Waals surface area contributed by atoms with Gasteiger partial charge in [0.15, 0.2) is 0 Å². The van der Waals surface area contributed by atoms with Crippen molar-refractivity contribution in [3.05, 3.63) is 54.1 Å². The van der Waals surface area contributed by atoms with Crippen molar-refractivity contribution in [2.24, 2.45) is 5.92 Å². The zero-order valence-corrected chi connectivity index (χ0v) is 15.4. The van der Waals surface area contributed by atoms with E-state index < -0.39 is 0 Å². The van der Waals surface area contributed by atoms with Crippen molar-refractivity contribution in [3.63, 3.8) is 0 Å². The lowest BCUT2D eigenvalue weighted by molar-refractivity contribution is -0.150. The van der Waals surface area contributed by atoms with Gasteiger partial charge in [-0.3, -0.25) is 9.69 Å². The van der Waals surface area contributed by atoms with Crippen LogP contribution in [-0.4, -0.2) is 37.1 Å². The molecule has 2 heterocycles. The Hall–Kier alpha value is -2.33. The van der Waals surface area contributed by atoms with Crippen molar-refractivity contribution >= 4 is 11.7 Å². The summed E-state index contributed by atoms with van der Waals surface area (Å²) < 4.78 is 5.17. The monoisotopic (exact) mass is 350 g/mol. The van der Waals surface area contributed by atoms with Crippen LogP contribution in [0.5, 0.6) is 0 Å². The molecule has 2 aliphatic heterocycles. The van der Waals surface area contributed by atoms with Gasteiger partial charge in [-0.15, -0.1) is 0 Å². The third-order valence-electron chi connectivity index (χ3n) is 6.30. The van der Waals surface area contributed by atoms with Crippen molar-refractivity contribution in [1.82, 2.24) is 4.90 Å². The number of hydrogen-bond donors (Lipinski definition) is 1. The molecule has 4 heteroatoms. The number of methoxy groups -OCH3 is 1. The maximum Gasteiger partial charge on any atom is 0.310 e. The van der Waals surface area contributed by atoms with E-state index in [-0.39, 0.29) is 17.8 Å². The molecule has 4 nitrogen and oxygen atoms in total. The third kappa shape index (κ3) is 2.88. The summed E-state index contributed by atoms with van der Waals surface area (Å²) in [5.41, 5.74) is 10.2. The summed E-state index contributed by atoms with van der Waals surface area (Å²) >= 11 is 0. The second kappa shape index (κ2) is 6.76. The van der Waals surface area contributed by atoms with E-state index >= 15 is 0 Å². The number of carbonyl (C=O) groups is 1. The van der Waals surface area contributed by atoms with Gasteiger partial charge in [-0.2, -0.15) is 0 Å². The van der Waals surface area contributed by atoms with Crippen LogP contribution in [0.1, 0.15) is 30.7 Å². The van der Waals surface area contributed by atoms with Crippen LogP contribution in [0.15, 0.2) is 48.5 Å². The van der Waals surface area contributed by atoms with Crippen molar-refractivity contribution < 1.29 is 9.53 Å². The van der Waals surface area contributed by atoms with Gasteiger partial charge in [-0.1, -0.05) is 36.4 Å². The first-order valence-corrected chi connectivity index (χ1v) is 9.34. The Labute approximate surface area is 155 Å². The van der Waals surface area contributed by atoms with E-state index in [0.717, 1.165) is 29.7 Å². The predicted octanol–water partition coefficient (Wildman–Crippen LogP) is 3.68. The maximum absolute atomic E-state index is 12.5. The van der Waals surface area contributed by atoms with Crippen LogP contribution in [0.25, 0.3) is 11.1 Å². The van der Waals surface area contributed by atoms with Gasteiger partial charge in [0.25, 0.3) is 0 Å². The van der Waals surface area contributed by atoms with Gasteiger partial charge in [0.1, 0.15) is 0 Å². The standard InChI is InChI=1S/C22H26N2O2/c1-24-18-10-11-20(24)21(22(25)26-2)19(13-18)15-8-6-14(7-9-15)16-4-3-5-17(23)12-16/h3-9,12,18-21H,10-11,13,23H2,1-2H3/t18-,19+,20+,21-/m0/s1. The molecule has 2 aliphatic rings. The van der Waals surface area contributed by atoms with E-state index in [2.05, 4.69) is 42.3 Å². The Morgan fingerprint density at radius 3 is 2.58 bits per heavy atom. The number of piperidine rings is 1. The Morgan fingerprint density at radius 2 is 1.88 bits per heavy atom. The van der Waals surface area contributed by atoms with Crippen molar-refractivity contribution in [2.75, 3.05) is 19.9 Å². The minimum atomic E-state index is -0.0815. The number of nitrogens with two attached hydrogens (primary N) is 1. The number of nitrogen functional groups attached to an aromatic ring is 1. The molecular formula is C22H26N2O2. The Bertz CT molecular complexity index is 802. The number of fused-ring (bicyclic) bond motifs is 2. The normalized spacial score (nSPS) is 28.1. The summed E-state index contributed by atoms with van der Waals surface area (Å²) in [6.45, 7) is 0. The molecule has 0 radical (unpaired) electrons. The summed E-state index contributed by atoms with van der Waals surface area (Å²) in [6.07, 6.45) is 3.27. The molecule has 26 heavy (non-hydrogen) atoms. The smallest absolute Gasteiger partial charge is 0.310 e. The summed E-state index contributed by atoms with van der Waals surface area (Å²) in [7, 11) is 3.65. The van der Waals surface area contributed by atoms with E-state index in [4.69, 9.17) is 10.5 Å². The van der Waals surface area contributed by atoms with Gasteiger partial charge in [-0.05, 0) is 55.1 Å². The SMILES string of the molecule is COC(=O)[C@H]1[C@@H](c2ccc(-c3cccc(N)c3)cc2)C[C@@H]2CC[C@H]1N2C. The topological polar surface area (TPSA) is 55.6 Å². The molecule has 4 atom stereocenters. The number of carbonyl (C=O) groups excluding carboxylic acids is 1. The summed E-state index contributed by atoms with van der Waals surface area (Å²) in [5, 5.41) is 0. The number of ether oxygens (including phenoxy) is 1. The highest BCUT2D eigenvalue weighted by Crippen LogP contribution is 2.46. The van der Waals surface area contributed by atoms with E-state index in [1.807, 2.05) is 18.2 Å². The van der Waals surface area contributed by atoms with Gasteiger partial charge >= 0.3 is 5.97 Å². The van der Waals surface area contributed by atoms with E-state index in [1.54, 1.807) is 0 Å². The van der Waals surface area contributed by atoms with Crippen molar-refractivity contribution in [1.29, 1.82) is 0 Å². The third-order valence-corrected chi connectivity index (χ3v) is 6.30. The molecule has 2 aromatic rings. The van der Waals surface area contributed by atoms with Gasteiger partial charge in [0.2, 0.25) is 0 Å². The average molecular weight is 350 g/mol. The van der Waals surface area contributed by atoms with Gasteiger partial charge in [0.05, 0.1) is 13.0 Å². The fourth-order valence-electron chi connectivity index (χ4n) is 4.91. The molecule has 2 fully saturated rings. The lowest BCUT2D eigenvalue weighted by Crippen LogP contribution is -2.49. The fourth-order valence-corrected chi connectivity index (χ4v) is 4.91. The highest BCUT2D eigenvalue weighted by molar-refractivity contribution is 5.75. The number of esters is 1. The van der Waals surface area contributed by atoms with Gasteiger partial charge < -0.3 is 10.5 Å². The lowest BCUT2D eigenvalue weighted by atomic mass is 9.76. The quantitative estimate of drug-likeness (QED) is 0.678. The van der Waals surface area contributed by atoms with Crippen LogP contribution >= 0.6 is 0 Å². The molecule has 0 spiro atoms. The Balaban J connectivity index is 1.64. The minimum Gasteiger partial charge on any atom is -0.469 e. The number of rotatable bonds is 3. The summed E-state index contributed by atoms with van der Waals surface area (Å²) in [5.74, 6) is 0.0696. The lowest BCUT2D eigenvalue weighted by Gasteiger charge is -2.41. The first-order valence-electron chi connectivity index (χ1n) is 9.34. The van der Waals surface area contributed by atoms with E-state index in [0.29, 0.717) is 12.1 Å². The molecule has 2 bridgehead atoms. The predicted molar refractivity (Wildman–Crippen MR) is 104 cm³/mol. The second-order valence-electron chi connectivity index (χ2n) is 7.60. The van der Waals surface area contributed by atoms with Gasteiger partial charge in [0, 0.05) is 23.7 Å². The number of anilines is 1. The zero-order chi connectivity index (χ0) is 18.3. The Kier molecular flexibility index (Phi) is 4.45. The van der Waals surface area contributed by atoms with Crippen LogP contribution in [-0.2, 0) is 9.53 Å². The highest BCUT2D eigenvalue weighted by atomic mass is 16.5. The molecule has 4 rings (SSSR count). The second-order valence-corrected chi connectivity index (χ2v) is 7.60. The Morgan fingerprint density at radius 1 is 1.12 bits per heavy atom. The first kappa shape index (κ1) is 17.1. The van der Waals surface area contributed by atoms with Crippen LogP contribution in [0.3, 0.4) is 0 Å². The van der Waals surface area contributed by atoms with Crippen LogP contribution in [0.2, 0.25) is 0 Å². The van der Waals surface area contributed by atoms with Crippen LogP contribution in [0.4, 0.5) is 5.69 Å². The molecule has 0 unspecified atom stereocenters. The van der Waals surface area contributed by atoms with Crippen molar-refractivity contribution in [2.45, 2.75) is 37.3 Å². The first-order chi connectivity index (χ1) is 12.6. The number of benzene rings is 2. The molecular weight excluding hydrogens is 324 g/mol. The molecule has 0 aliphatic carbocycles. The maximum atomic E-state index is 12.5. The summed E-state index contributed by atoms with van der Waals surface area (Å²) in [6, 6.07) is 17.4. The molecule has 2 saturated heterocycles. The molecule has 2 aromatic carbocycles. The van der Waals surface area contributed by atoms with Crippen molar-refractivity contribution in [3.8, 4) is 11.1 Å². The van der Waals surface area contributed by atoms with Gasteiger partial charge in [-0.25, -0.2) is 0 Å². The number of hydrogen-bond acceptors (Lipinski definition) is 4. The molecule has 2 N–H and O–H groups in total. The average Bonchev–Trinajstić information content (AvgIpc) is 2.90. The largest absolute Gasteiger partial charge is 0.469 e.